The van der Waals surface area contributed by atoms with Gasteiger partial charge in [0.25, 0.3) is 5.91 Å². The van der Waals surface area contributed by atoms with Crippen LogP contribution in [-0.2, 0) is 6.61 Å². The van der Waals surface area contributed by atoms with Gasteiger partial charge in [-0.2, -0.15) is 0 Å². The van der Waals surface area contributed by atoms with Crippen molar-refractivity contribution in [3.05, 3.63) is 70.7 Å². The van der Waals surface area contributed by atoms with E-state index >= 15 is 0 Å². The molecule has 5 nitrogen and oxygen atoms in total. The maximum Gasteiger partial charge on any atom is 0.259 e. The molecule has 0 aliphatic heterocycles. The molecule has 1 aromatic heterocycles. The van der Waals surface area contributed by atoms with Crippen molar-refractivity contribution in [3.8, 4) is 11.5 Å². The number of aromatic nitrogens is 1. The minimum Gasteiger partial charge on any atom is -0.494 e. The molecule has 1 amide bonds. The molecule has 0 bridgehead atoms. The van der Waals surface area contributed by atoms with E-state index in [1.807, 2.05) is 48.7 Å². The van der Waals surface area contributed by atoms with Crippen LogP contribution < -0.4 is 14.8 Å². The van der Waals surface area contributed by atoms with Crippen LogP contribution in [0.2, 0.25) is 0 Å². The molecule has 3 rings (SSSR count). The van der Waals surface area contributed by atoms with Gasteiger partial charge in [-0.15, -0.1) is 11.3 Å². The van der Waals surface area contributed by atoms with Crippen LogP contribution >= 0.6 is 11.3 Å². The molecule has 2 aromatic carbocycles. The number of rotatable bonds is 8. The van der Waals surface area contributed by atoms with Gasteiger partial charge in [-0.05, 0) is 30.7 Å². The summed E-state index contributed by atoms with van der Waals surface area (Å²) in [5, 5.41) is 4.82. The summed E-state index contributed by atoms with van der Waals surface area (Å²) in [7, 11) is 0. The summed E-state index contributed by atoms with van der Waals surface area (Å²) in [6.07, 6.45) is 0.931. The Morgan fingerprint density at radius 2 is 2.04 bits per heavy atom. The highest BCUT2D eigenvalue weighted by Gasteiger charge is 2.13. The minimum absolute atomic E-state index is 0.230. The van der Waals surface area contributed by atoms with Crippen molar-refractivity contribution < 1.29 is 14.3 Å². The topological polar surface area (TPSA) is 60.5 Å². The summed E-state index contributed by atoms with van der Waals surface area (Å²) in [6.45, 7) is 3.02. The molecule has 26 heavy (non-hydrogen) atoms. The van der Waals surface area contributed by atoms with Crippen molar-refractivity contribution in [2.45, 2.75) is 20.0 Å². The number of hydrogen-bond acceptors (Lipinski definition) is 5. The lowest BCUT2D eigenvalue weighted by atomic mass is 10.2. The fraction of sp³-hybridized carbons (Fsp3) is 0.200. The van der Waals surface area contributed by atoms with Crippen LogP contribution in [0.25, 0.3) is 0 Å². The maximum absolute atomic E-state index is 12.7. The number of benzene rings is 2. The average molecular weight is 368 g/mol. The first kappa shape index (κ1) is 17.9. The second kappa shape index (κ2) is 9.01. The molecule has 0 aliphatic carbocycles. The van der Waals surface area contributed by atoms with Crippen LogP contribution in [0.4, 0.5) is 5.69 Å². The lowest BCUT2D eigenvalue weighted by Gasteiger charge is -2.12. The van der Waals surface area contributed by atoms with Crippen molar-refractivity contribution in [2.75, 3.05) is 11.9 Å². The molecule has 0 saturated heterocycles. The van der Waals surface area contributed by atoms with E-state index in [0.717, 1.165) is 17.9 Å². The number of nitrogens with one attached hydrogen (secondary N) is 1. The number of anilines is 1. The third-order valence-corrected chi connectivity index (χ3v) is 4.19. The Balaban J connectivity index is 1.69. The molecule has 1 heterocycles. The van der Waals surface area contributed by atoms with Crippen LogP contribution in [0.1, 0.15) is 29.4 Å². The number of amides is 1. The quantitative estimate of drug-likeness (QED) is 0.622. The molecule has 0 atom stereocenters. The minimum atomic E-state index is -0.230. The molecule has 6 heteroatoms. The normalized spacial score (nSPS) is 10.3. The molecular formula is C20H20N2O3S. The summed E-state index contributed by atoms with van der Waals surface area (Å²) in [5.41, 5.74) is 3.75. The van der Waals surface area contributed by atoms with E-state index in [9.17, 15) is 4.79 Å². The van der Waals surface area contributed by atoms with Gasteiger partial charge in [-0.25, -0.2) is 4.98 Å². The van der Waals surface area contributed by atoms with E-state index in [4.69, 9.17) is 9.47 Å². The van der Waals surface area contributed by atoms with Gasteiger partial charge in [-0.3, -0.25) is 4.79 Å². The zero-order chi connectivity index (χ0) is 18.2. The molecule has 0 spiro atoms. The predicted octanol–water partition coefficient (Wildman–Crippen LogP) is 4.76. The monoisotopic (exact) mass is 368 g/mol. The van der Waals surface area contributed by atoms with E-state index in [1.54, 1.807) is 17.6 Å². The predicted molar refractivity (Wildman–Crippen MR) is 103 cm³/mol. The molecule has 0 aliphatic rings. The molecule has 0 unspecified atom stereocenters. The lowest BCUT2D eigenvalue weighted by molar-refractivity contribution is 0.102. The maximum atomic E-state index is 12.7. The molecule has 0 radical (unpaired) electrons. The number of carbonyl (C=O) groups excluding carboxylic acids is 1. The summed E-state index contributed by atoms with van der Waals surface area (Å²) >= 11 is 1.51. The Morgan fingerprint density at radius 1 is 1.15 bits per heavy atom. The van der Waals surface area contributed by atoms with Gasteiger partial charge in [0, 0.05) is 17.1 Å². The van der Waals surface area contributed by atoms with E-state index < -0.39 is 0 Å². The first-order valence-electron chi connectivity index (χ1n) is 8.39. The fourth-order valence-electron chi connectivity index (χ4n) is 2.32. The number of ether oxygens (including phenoxy) is 2. The van der Waals surface area contributed by atoms with Gasteiger partial charge >= 0.3 is 0 Å². The van der Waals surface area contributed by atoms with Crippen molar-refractivity contribution in [1.29, 1.82) is 0 Å². The highest BCUT2D eigenvalue weighted by atomic mass is 32.1. The number of carbonyl (C=O) groups is 1. The Labute approximate surface area is 156 Å². The summed E-state index contributed by atoms with van der Waals surface area (Å²) in [6, 6.07) is 14.5. The lowest BCUT2D eigenvalue weighted by Crippen LogP contribution is -2.13. The zero-order valence-corrected chi connectivity index (χ0v) is 15.3. The van der Waals surface area contributed by atoms with Crippen LogP contribution in [0, 0.1) is 0 Å². The Morgan fingerprint density at radius 3 is 2.85 bits per heavy atom. The molecule has 1 N–H and O–H groups in total. The van der Waals surface area contributed by atoms with Crippen molar-refractivity contribution in [2.24, 2.45) is 0 Å². The molecule has 0 saturated carbocycles. The van der Waals surface area contributed by atoms with E-state index in [2.05, 4.69) is 10.3 Å². The van der Waals surface area contributed by atoms with Crippen molar-refractivity contribution in [3.63, 3.8) is 0 Å². The largest absolute Gasteiger partial charge is 0.494 e. The Kier molecular flexibility index (Phi) is 6.22. The van der Waals surface area contributed by atoms with Gasteiger partial charge in [0.2, 0.25) is 0 Å². The second-order valence-corrected chi connectivity index (χ2v) is 6.31. The summed E-state index contributed by atoms with van der Waals surface area (Å²) in [4.78, 5) is 16.9. The van der Waals surface area contributed by atoms with E-state index in [1.165, 1.54) is 11.3 Å². The number of para-hydroxylation sites is 1. The first-order chi connectivity index (χ1) is 12.8. The zero-order valence-electron chi connectivity index (χ0n) is 14.5. The third-order valence-electron chi connectivity index (χ3n) is 3.56. The molecule has 0 fully saturated rings. The summed E-state index contributed by atoms with van der Waals surface area (Å²) < 4.78 is 11.4. The van der Waals surface area contributed by atoms with Crippen LogP contribution in [0.15, 0.2) is 59.4 Å². The van der Waals surface area contributed by atoms with Gasteiger partial charge < -0.3 is 14.8 Å². The standard InChI is InChI=1S/C20H20N2O3S/c1-2-10-24-17-7-5-6-15(11-17)22-20(23)18-8-3-4-9-19(18)25-12-16-13-26-14-21-16/h3-9,11,13-14H,2,10,12H2,1H3,(H,22,23). The fourth-order valence-corrected chi connectivity index (χ4v) is 2.87. The Bertz CT molecular complexity index is 850. The summed E-state index contributed by atoms with van der Waals surface area (Å²) in [5.74, 6) is 1.03. The highest BCUT2D eigenvalue weighted by molar-refractivity contribution is 7.07. The van der Waals surface area contributed by atoms with Crippen LogP contribution in [-0.4, -0.2) is 17.5 Å². The van der Waals surface area contributed by atoms with Crippen molar-refractivity contribution >= 4 is 22.9 Å². The van der Waals surface area contributed by atoms with Gasteiger partial charge in [0.1, 0.15) is 18.1 Å². The SMILES string of the molecule is CCCOc1cccc(NC(=O)c2ccccc2OCc2cscn2)c1. The number of nitrogens with zero attached hydrogens (tertiary/aromatic N) is 1. The van der Waals surface area contributed by atoms with Gasteiger partial charge in [0.05, 0.1) is 23.4 Å². The van der Waals surface area contributed by atoms with Crippen LogP contribution in [0.5, 0.6) is 11.5 Å². The smallest absolute Gasteiger partial charge is 0.259 e. The third kappa shape index (κ3) is 4.83. The number of thiazole rings is 1. The first-order valence-corrected chi connectivity index (χ1v) is 9.33. The number of hydrogen-bond donors (Lipinski definition) is 1. The molecule has 3 aromatic rings. The van der Waals surface area contributed by atoms with E-state index in [0.29, 0.717) is 30.2 Å². The van der Waals surface area contributed by atoms with E-state index in [-0.39, 0.29) is 5.91 Å². The average Bonchev–Trinajstić information content (AvgIpc) is 3.19. The molecular weight excluding hydrogens is 348 g/mol. The van der Waals surface area contributed by atoms with Gasteiger partial charge in [-0.1, -0.05) is 25.1 Å². The highest BCUT2D eigenvalue weighted by Crippen LogP contribution is 2.23. The van der Waals surface area contributed by atoms with Crippen molar-refractivity contribution in [1.82, 2.24) is 4.98 Å². The Hall–Kier alpha value is -2.86. The van der Waals surface area contributed by atoms with Gasteiger partial charge in [0.15, 0.2) is 0 Å². The molecule has 134 valence electrons. The van der Waals surface area contributed by atoms with Crippen LogP contribution in [0.3, 0.4) is 0 Å². The second-order valence-electron chi connectivity index (χ2n) is 5.60.